The molecule has 82 valence electrons. The van der Waals surface area contributed by atoms with Gasteiger partial charge in [0, 0.05) is 37.3 Å². The molecule has 2 rings (SSSR count). The maximum atomic E-state index is 5.75. The lowest BCUT2D eigenvalue weighted by Crippen LogP contribution is -2.26. The van der Waals surface area contributed by atoms with Gasteiger partial charge in [-0.25, -0.2) is 4.98 Å². The highest BCUT2D eigenvalue weighted by molar-refractivity contribution is 8.76. The van der Waals surface area contributed by atoms with E-state index in [4.69, 9.17) is 11.6 Å². The molecule has 0 aromatic carbocycles. The van der Waals surface area contributed by atoms with Crippen LogP contribution in [0.15, 0.2) is 18.3 Å². The summed E-state index contributed by atoms with van der Waals surface area (Å²) in [5.74, 6) is 2.43. The summed E-state index contributed by atoms with van der Waals surface area (Å²) in [5, 5.41) is 0.570. The molecule has 0 spiro atoms. The minimum atomic E-state index is 0.570. The van der Waals surface area contributed by atoms with Gasteiger partial charge in [-0.05, 0) is 11.6 Å². The lowest BCUT2D eigenvalue weighted by Gasteiger charge is -2.18. The zero-order valence-corrected chi connectivity index (χ0v) is 10.7. The van der Waals surface area contributed by atoms with Crippen LogP contribution in [0, 0.1) is 0 Å². The summed E-state index contributed by atoms with van der Waals surface area (Å²) < 4.78 is 0. The molecule has 0 amide bonds. The first-order chi connectivity index (χ1) is 7.34. The highest BCUT2D eigenvalue weighted by Crippen LogP contribution is 2.24. The third-order valence-electron chi connectivity index (χ3n) is 2.26. The van der Waals surface area contributed by atoms with Crippen molar-refractivity contribution in [2.24, 2.45) is 0 Å². The lowest BCUT2D eigenvalue weighted by molar-refractivity contribution is 0.302. The number of halogens is 1. The lowest BCUT2D eigenvalue weighted by atomic mass is 10.2. The number of hydrogen-bond donors (Lipinski definition) is 0. The fourth-order valence-electron chi connectivity index (χ4n) is 1.48. The van der Waals surface area contributed by atoms with E-state index in [2.05, 4.69) is 16.0 Å². The van der Waals surface area contributed by atoms with Crippen molar-refractivity contribution >= 4 is 33.2 Å². The zero-order chi connectivity index (χ0) is 10.5. The first-order valence-corrected chi connectivity index (χ1v) is 7.78. The highest BCUT2D eigenvalue weighted by Gasteiger charge is 2.09. The van der Waals surface area contributed by atoms with E-state index in [1.807, 2.05) is 33.9 Å². The van der Waals surface area contributed by atoms with Crippen LogP contribution in [0.2, 0.25) is 5.15 Å². The fraction of sp³-hybridized carbons (Fsp3) is 0.500. The number of nitrogens with zero attached hydrogens (tertiary/aromatic N) is 2. The van der Waals surface area contributed by atoms with Crippen LogP contribution in [0.1, 0.15) is 5.56 Å². The number of hydrogen-bond acceptors (Lipinski definition) is 4. The SMILES string of the molecule is Clc1ccc(CN2CCSSCC2)cn1. The maximum Gasteiger partial charge on any atom is 0.129 e. The van der Waals surface area contributed by atoms with E-state index in [0.29, 0.717) is 5.15 Å². The first-order valence-electron chi connectivity index (χ1n) is 4.92. The number of rotatable bonds is 2. The van der Waals surface area contributed by atoms with Crippen molar-refractivity contribution in [2.75, 3.05) is 24.6 Å². The van der Waals surface area contributed by atoms with Crippen LogP contribution in [-0.4, -0.2) is 34.5 Å². The Labute approximate surface area is 103 Å². The monoisotopic (exact) mass is 260 g/mol. The molecule has 1 saturated heterocycles. The standard InChI is InChI=1S/C10H13ClN2S2/c11-10-2-1-9(7-12-10)8-13-3-5-14-15-6-4-13/h1-2,7H,3-6,8H2. The van der Waals surface area contributed by atoms with Crippen molar-refractivity contribution in [3.05, 3.63) is 29.0 Å². The van der Waals surface area contributed by atoms with Gasteiger partial charge in [-0.15, -0.1) is 0 Å². The van der Waals surface area contributed by atoms with Gasteiger partial charge < -0.3 is 0 Å². The molecule has 0 unspecified atom stereocenters. The third kappa shape index (κ3) is 3.87. The molecule has 15 heavy (non-hydrogen) atoms. The van der Waals surface area contributed by atoms with Crippen molar-refractivity contribution < 1.29 is 0 Å². The van der Waals surface area contributed by atoms with Gasteiger partial charge in [0.25, 0.3) is 0 Å². The van der Waals surface area contributed by atoms with Crippen LogP contribution in [0.5, 0.6) is 0 Å². The third-order valence-corrected chi connectivity index (χ3v) is 4.85. The average molecular weight is 261 g/mol. The molecule has 0 radical (unpaired) electrons. The van der Waals surface area contributed by atoms with Gasteiger partial charge in [-0.3, -0.25) is 4.90 Å². The zero-order valence-electron chi connectivity index (χ0n) is 8.36. The molecule has 0 aliphatic carbocycles. The van der Waals surface area contributed by atoms with Gasteiger partial charge in [0.05, 0.1) is 0 Å². The van der Waals surface area contributed by atoms with Gasteiger partial charge in [-0.1, -0.05) is 39.3 Å². The van der Waals surface area contributed by atoms with Gasteiger partial charge in [0.15, 0.2) is 0 Å². The molecule has 1 aromatic heterocycles. The molecule has 1 aliphatic heterocycles. The van der Waals surface area contributed by atoms with Crippen molar-refractivity contribution in [2.45, 2.75) is 6.54 Å². The molecule has 0 atom stereocenters. The summed E-state index contributed by atoms with van der Waals surface area (Å²) in [4.78, 5) is 6.57. The van der Waals surface area contributed by atoms with Crippen molar-refractivity contribution in [1.29, 1.82) is 0 Å². The van der Waals surface area contributed by atoms with Crippen molar-refractivity contribution in [3.63, 3.8) is 0 Å². The van der Waals surface area contributed by atoms with Crippen molar-refractivity contribution in [3.8, 4) is 0 Å². The molecule has 1 aliphatic rings. The predicted molar refractivity (Wildman–Crippen MR) is 69.4 cm³/mol. The van der Waals surface area contributed by atoms with E-state index in [-0.39, 0.29) is 0 Å². The molecule has 1 aromatic rings. The summed E-state index contributed by atoms with van der Waals surface area (Å²) in [6.07, 6.45) is 1.87. The fourth-order valence-corrected chi connectivity index (χ4v) is 3.65. The minimum Gasteiger partial charge on any atom is -0.297 e. The second-order valence-corrected chi connectivity index (χ2v) is 6.50. The topological polar surface area (TPSA) is 16.1 Å². The van der Waals surface area contributed by atoms with Crippen LogP contribution in [0.4, 0.5) is 0 Å². The van der Waals surface area contributed by atoms with E-state index in [1.165, 1.54) is 30.2 Å². The smallest absolute Gasteiger partial charge is 0.129 e. The van der Waals surface area contributed by atoms with E-state index in [0.717, 1.165) is 6.54 Å². The van der Waals surface area contributed by atoms with Crippen LogP contribution < -0.4 is 0 Å². The largest absolute Gasteiger partial charge is 0.297 e. The second-order valence-electron chi connectivity index (χ2n) is 3.41. The summed E-state index contributed by atoms with van der Waals surface area (Å²) in [5.41, 5.74) is 1.25. The highest BCUT2D eigenvalue weighted by atomic mass is 35.5. The predicted octanol–water partition coefficient (Wildman–Crippen LogP) is 2.93. The number of pyridine rings is 1. The van der Waals surface area contributed by atoms with Crippen LogP contribution in [0.25, 0.3) is 0 Å². The molecule has 2 heterocycles. The van der Waals surface area contributed by atoms with Gasteiger partial charge in [0.2, 0.25) is 0 Å². The van der Waals surface area contributed by atoms with E-state index in [1.54, 1.807) is 0 Å². The van der Waals surface area contributed by atoms with Crippen LogP contribution in [-0.2, 0) is 6.54 Å². The summed E-state index contributed by atoms with van der Waals surface area (Å²) >= 11 is 5.75. The van der Waals surface area contributed by atoms with Crippen LogP contribution >= 0.6 is 33.2 Å². The number of aromatic nitrogens is 1. The molecular weight excluding hydrogens is 248 g/mol. The van der Waals surface area contributed by atoms with E-state index < -0.39 is 0 Å². The van der Waals surface area contributed by atoms with Crippen LogP contribution in [0.3, 0.4) is 0 Å². The molecule has 5 heteroatoms. The Morgan fingerprint density at radius 3 is 2.60 bits per heavy atom. The van der Waals surface area contributed by atoms with Gasteiger partial charge >= 0.3 is 0 Å². The summed E-state index contributed by atoms with van der Waals surface area (Å²) in [6, 6.07) is 3.92. The molecule has 0 N–H and O–H groups in total. The molecule has 0 bridgehead atoms. The molecule has 1 fully saturated rings. The normalized spacial score (nSPS) is 18.7. The second kappa shape index (κ2) is 5.99. The Balaban J connectivity index is 1.92. The summed E-state index contributed by atoms with van der Waals surface area (Å²) in [7, 11) is 3.94. The quantitative estimate of drug-likeness (QED) is 0.600. The Kier molecular flexibility index (Phi) is 4.62. The molecular formula is C10H13ClN2S2. The Bertz CT molecular complexity index is 297. The Morgan fingerprint density at radius 2 is 2.00 bits per heavy atom. The Hall–Kier alpha value is 0.1000. The first kappa shape index (κ1) is 11.6. The van der Waals surface area contributed by atoms with Gasteiger partial charge in [0.1, 0.15) is 5.15 Å². The molecule has 2 nitrogen and oxygen atoms in total. The molecule has 0 saturated carbocycles. The Morgan fingerprint density at radius 1 is 1.27 bits per heavy atom. The van der Waals surface area contributed by atoms with Crippen molar-refractivity contribution in [1.82, 2.24) is 9.88 Å². The average Bonchev–Trinajstić information content (AvgIpc) is 2.50. The van der Waals surface area contributed by atoms with E-state index >= 15 is 0 Å². The summed E-state index contributed by atoms with van der Waals surface area (Å²) in [6.45, 7) is 3.33. The minimum absolute atomic E-state index is 0.570. The maximum absolute atomic E-state index is 5.75. The van der Waals surface area contributed by atoms with Gasteiger partial charge in [-0.2, -0.15) is 0 Å². The van der Waals surface area contributed by atoms with E-state index in [9.17, 15) is 0 Å².